The molecule has 0 saturated heterocycles. The number of nitrogens with one attached hydrogen (secondary N) is 5. The first-order chi connectivity index (χ1) is 30.4. The number of aromatic carboxylic acids is 1. The van der Waals surface area contributed by atoms with Crippen LogP contribution in [0.25, 0.3) is 11.1 Å². The second-order valence-electron chi connectivity index (χ2n) is 13.7. The molecule has 318 valence electrons. The van der Waals surface area contributed by atoms with E-state index in [1.807, 2.05) is 36.4 Å². The van der Waals surface area contributed by atoms with Gasteiger partial charge in [0.15, 0.2) is 23.0 Å². The molecule has 0 aromatic heterocycles. The van der Waals surface area contributed by atoms with E-state index in [-0.39, 0.29) is 51.7 Å². The van der Waals surface area contributed by atoms with Crippen molar-refractivity contribution in [2.24, 2.45) is 0 Å². The van der Waals surface area contributed by atoms with Crippen LogP contribution in [0.1, 0.15) is 53.4 Å². The fraction of sp³-hybridized carbons (Fsp3) is 0.106. The normalized spacial score (nSPS) is 10.9. The fourth-order valence-electron chi connectivity index (χ4n) is 6.36. The Morgan fingerprint density at radius 2 is 1.13 bits per heavy atom. The van der Waals surface area contributed by atoms with E-state index in [9.17, 15) is 44.6 Å². The summed E-state index contributed by atoms with van der Waals surface area (Å²) in [6.07, 6.45) is -0.312. The van der Waals surface area contributed by atoms with Gasteiger partial charge in [-0.05, 0) is 89.5 Å². The third-order valence-electron chi connectivity index (χ3n) is 9.68. The van der Waals surface area contributed by atoms with E-state index >= 15 is 0 Å². The van der Waals surface area contributed by atoms with E-state index in [4.69, 9.17) is 9.47 Å². The van der Waals surface area contributed by atoms with Gasteiger partial charge in [0.25, 0.3) is 17.7 Å². The van der Waals surface area contributed by atoms with E-state index in [1.54, 1.807) is 24.3 Å². The summed E-state index contributed by atoms with van der Waals surface area (Å²) in [6.45, 7) is 0.564. The van der Waals surface area contributed by atoms with Crippen molar-refractivity contribution in [3.05, 3.63) is 155 Å². The van der Waals surface area contributed by atoms with E-state index in [2.05, 4.69) is 50.8 Å². The van der Waals surface area contributed by atoms with Gasteiger partial charge in [-0.3, -0.25) is 19.2 Å². The number of nitriles is 1. The van der Waals surface area contributed by atoms with Gasteiger partial charge in [-0.15, -0.1) is 0 Å². The molecule has 0 heterocycles. The molecule has 4 amide bonds. The minimum Gasteiger partial charge on any atom is -0.504 e. The molecule has 6 rings (SSSR count). The first-order valence-electron chi connectivity index (χ1n) is 19.1. The lowest BCUT2D eigenvalue weighted by atomic mass is 10.0. The first kappa shape index (κ1) is 43.7. The maximum atomic E-state index is 13.2. The Kier molecular flexibility index (Phi) is 13.8. The number of nitrogens with zero attached hydrogens (tertiary/aromatic N) is 1. The van der Waals surface area contributed by atoms with E-state index in [1.165, 1.54) is 56.7 Å². The molecule has 1 atom stereocenters. The van der Waals surface area contributed by atoms with Gasteiger partial charge in [-0.1, -0.05) is 54.6 Å². The highest BCUT2D eigenvalue weighted by atomic mass is 16.5. The van der Waals surface area contributed by atoms with E-state index in [0.29, 0.717) is 6.54 Å². The number of anilines is 4. The number of aromatic hydroxyl groups is 2. The molecule has 6 aromatic carbocycles. The second-order valence-corrected chi connectivity index (χ2v) is 13.7. The Bertz CT molecular complexity index is 2700. The molecule has 0 fully saturated rings. The van der Waals surface area contributed by atoms with Crippen LogP contribution in [0.4, 0.5) is 22.7 Å². The maximum absolute atomic E-state index is 13.2. The lowest BCUT2D eigenvalue weighted by Gasteiger charge is -2.17. The number of phenolic OH excluding ortho intramolecular Hbond substituents is 1. The number of methoxy groups -OCH3 is 2. The Labute approximate surface area is 360 Å². The Morgan fingerprint density at radius 1 is 0.603 bits per heavy atom. The zero-order valence-corrected chi connectivity index (χ0v) is 33.8. The number of amides is 4. The quantitative estimate of drug-likeness (QED) is 0.0480. The zero-order valence-electron chi connectivity index (χ0n) is 33.8. The number of rotatable bonds is 16. The minimum atomic E-state index is -1.42. The van der Waals surface area contributed by atoms with E-state index < -0.39 is 52.7 Å². The van der Waals surface area contributed by atoms with Gasteiger partial charge in [-0.2, -0.15) is 5.26 Å². The Morgan fingerprint density at radius 3 is 1.70 bits per heavy atom. The molecule has 16 heteroatoms. The highest BCUT2D eigenvalue weighted by Gasteiger charge is 2.25. The van der Waals surface area contributed by atoms with Crippen molar-refractivity contribution in [3.63, 3.8) is 0 Å². The summed E-state index contributed by atoms with van der Waals surface area (Å²) in [5.74, 6) is -6.07. The third-order valence-corrected chi connectivity index (χ3v) is 9.68. The number of benzene rings is 6. The van der Waals surface area contributed by atoms with Crippen LogP contribution in [0.5, 0.6) is 23.0 Å². The highest BCUT2D eigenvalue weighted by Crippen LogP contribution is 2.40. The molecule has 8 N–H and O–H groups in total. The van der Waals surface area contributed by atoms with Gasteiger partial charge in [0.2, 0.25) is 5.91 Å². The molecule has 0 bridgehead atoms. The van der Waals surface area contributed by atoms with Crippen molar-refractivity contribution in [2.75, 3.05) is 35.5 Å². The number of hydrogen-bond acceptors (Lipinski definition) is 11. The average Bonchev–Trinajstić information content (AvgIpc) is 3.29. The van der Waals surface area contributed by atoms with Gasteiger partial charge in [0.05, 0.1) is 43.6 Å². The molecule has 0 aliphatic rings. The van der Waals surface area contributed by atoms with Gasteiger partial charge in [-0.25, -0.2) is 4.79 Å². The molecule has 6 aromatic rings. The molecular formula is C47H40N6O10. The molecule has 0 aliphatic heterocycles. The number of carboxylic acid groups (broad SMARTS) is 1. The van der Waals surface area contributed by atoms with Crippen LogP contribution >= 0.6 is 0 Å². The van der Waals surface area contributed by atoms with Crippen LogP contribution in [-0.2, 0) is 11.3 Å². The lowest BCUT2D eigenvalue weighted by Crippen LogP contribution is -2.43. The summed E-state index contributed by atoms with van der Waals surface area (Å²) >= 11 is 0. The van der Waals surface area contributed by atoms with Crippen LogP contribution < -0.4 is 36.1 Å². The molecule has 0 saturated carbocycles. The average molecular weight is 849 g/mol. The predicted octanol–water partition coefficient (Wildman–Crippen LogP) is 7.25. The van der Waals surface area contributed by atoms with Crippen LogP contribution in [0.3, 0.4) is 0 Å². The monoisotopic (exact) mass is 848 g/mol. The first-order valence-corrected chi connectivity index (χ1v) is 19.1. The Balaban J connectivity index is 1.03. The minimum absolute atomic E-state index is 0.000878. The maximum Gasteiger partial charge on any atom is 0.339 e. The summed E-state index contributed by atoms with van der Waals surface area (Å²) in [5, 5.41) is 53.5. The molecule has 0 unspecified atom stereocenters. The highest BCUT2D eigenvalue weighted by molar-refractivity contribution is 6.10. The van der Waals surface area contributed by atoms with Crippen LogP contribution in [0.2, 0.25) is 0 Å². The standard InChI is InChI=1S/C47H40N6O10/c1-62-41-36(22-20-34(39(41)54)45(58)52-37-23-21-35(47(60)61)40(55)42(37)63-2)51-43(56)31-14-18-33(19-15-31)50-46(59)38(24-25-48)53-44(57)30-12-16-32(17-13-30)49-26-27-8-10-29(11-9-27)28-6-4-3-5-7-28/h3-23,38,49,54-55H,24,26H2,1-2H3,(H,50,59)(H,51,56)(H,52,58)(H,53,57)(H,60,61)/t38-/m0/s1. The van der Waals surface area contributed by atoms with Crippen molar-refractivity contribution in [3.8, 4) is 40.2 Å². The SMILES string of the molecule is COc1c(NC(=O)c2ccc(NC(=O)c3ccc(NC(=O)[C@H](CC#N)NC(=O)c4ccc(NCc5ccc(-c6ccccc6)cc5)cc4)cc3)c(OC)c2O)ccc(C(=O)O)c1O. The molecule has 0 spiro atoms. The lowest BCUT2D eigenvalue weighted by molar-refractivity contribution is -0.117. The topological polar surface area (TPSA) is 248 Å². The second kappa shape index (κ2) is 19.9. The van der Waals surface area contributed by atoms with Crippen LogP contribution in [0.15, 0.2) is 127 Å². The fourth-order valence-corrected chi connectivity index (χ4v) is 6.36. The van der Waals surface area contributed by atoms with Gasteiger partial charge in [0.1, 0.15) is 11.6 Å². The molecule has 63 heavy (non-hydrogen) atoms. The Hall–Kier alpha value is -8.84. The number of hydrogen-bond donors (Lipinski definition) is 8. The molecular weight excluding hydrogens is 809 g/mol. The predicted molar refractivity (Wildman–Crippen MR) is 234 cm³/mol. The zero-order chi connectivity index (χ0) is 45.0. The largest absolute Gasteiger partial charge is 0.504 e. The number of carboxylic acids is 1. The van der Waals surface area contributed by atoms with E-state index in [0.717, 1.165) is 28.4 Å². The summed E-state index contributed by atoms with van der Waals surface area (Å²) in [6, 6.07) is 36.2. The number of carbonyl (C=O) groups is 5. The van der Waals surface area contributed by atoms with Crippen molar-refractivity contribution >= 4 is 52.3 Å². The molecule has 16 nitrogen and oxygen atoms in total. The molecule has 0 radical (unpaired) electrons. The summed E-state index contributed by atoms with van der Waals surface area (Å²) in [4.78, 5) is 64.0. The van der Waals surface area contributed by atoms with Crippen molar-refractivity contribution in [2.45, 2.75) is 19.0 Å². The van der Waals surface area contributed by atoms with Crippen molar-refractivity contribution in [1.29, 1.82) is 5.26 Å². The van der Waals surface area contributed by atoms with Crippen molar-refractivity contribution < 1.29 is 48.8 Å². The van der Waals surface area contributed by atoms with Gasteiger partial charge < -0.3 is 51.4 Å². The van der Waals surface area contributed by atoms with Crippen LogP contribution in [-0.4, -0.2) is 65.2 Å². The number of carbonyl (C=O) groups excluding carboxylic acids is 4. The van der Waals surface area contributed by atoms with Crippen LogP contribution in [0, 0.1) is 11.3 Å². The summed E-state index contributed by atoms with van der Waals surface area (Å²) in [7, 11) is 2.38. The smallest absolute Gasteiger partial charge is 0.339 e. The number of ether oxygens (including phenoxy) is 2. The summed E-state index contributed by atoms with van der Waals surface area (Å²) < 4.78 is 10.4. The molecule has 0 aliphatic carbocycles. The summed E-state index contributed by atoms with van der Waals surface area (Å²) in [5.41, 5.74) is 3.97. The van der Waals surface area contributed by atoms with Crippen molar-refractivity contribution in [1.82, 2.24) is 5.32 Å². The number of phenols is 2. The van der Waals surface area contributed by atoms with Gasteiger partial charge in [0, 0.05) is 29.0 Å². The van der Waals surface area contributed by atoms with Gasteiger partial charge >= 0.3 is 5.97 Å². The third kappa shape index (κ3) is 10.5.